The number of para-hydroxylation sites is 1. The van der Waals surface area contributed by atoms with Crippen LogP contribution in [-0.2, 0) is 4.79 Å². The predicted octanol–water partition coefficient (Wildman–Crippen LogP) is 4.12. The fourth-order valence-electron chi connectivity index (χ4n) is 3.57. The summed E-state index contributed by atoms with van der Waals surface area (Å²) < 4.78 is 5.93. The third kappa shape index (κ3) is 3.81. The second-order valence-electron chi connectivity index (χ2n) is 7.21. The number of fused-ring (bicyclic) bond motifs is 1. The van der Waals surface area contributed by atoms with Gasteiger partial charge in [-0.3, -0.25) is 9.69 Å². The number of rotatable bonds is 5. The first-order valence-corrected chi connectivity index (χ1v) is 9.02. The van der Waals surface area contributed by atoms with Gasteiger partial charge in [-0.25, -0.2) is 0 Å². The molecule has 1 amide bonds. The maximum Gasteiger partial charge on any atom is 0.234 e. The second-order valence-corrected chi connectivity index (χ2v) is 7.21. The molecule has 3 rings (SSSR count). The summed E-state index contributed by atoms with van der Waals surface area (Å²) in [7, 11) is 1.97. The van der Waals surface area contributed by atoms with E-state index in [9.17, 15) is 4.79 Å². The van der Waals surface area contributed by atoms with Crippen LogP contribution in [0.2, 0.25) is 0 Å². The van der Waals surface area contributed by atoms with Crippen molar-refractivity contribution in [1.82, 2.24) is 10.2 Å². The van der Waals surface area contributed by atoms with Crippen LogP contribution in [0.1, 0.15) is 51.3 Å². The topological polar surface area (TPSA) is 45.5 Å². The van der Waals surface area contributed by atoms with Crippen molar-refractivity contribution in [1.29, 1.82) is 0 Å². The van der Waals surface area contributed by atoms with Crippen molar-refractivity contribution in [3.63, 3.8) is 0 Å². The van der Waals surface area contributed by atoms with Crippen LogP contribution in [0.3, 0.4) is 0 Å². The summed E-state index contributed by atoms with van der Waals surface area (Å²) in [5.74, 6) is 1.59. The third-order valence-corrected chi connectivity index (χ3v) is 5.37. The van der Waals surface area contributed by atoms with Crippen molar-refractivity contribution < 1.29 is 9.21 Å². The minimum atomic E-state index is 0.0620. The zero-order chi connectivity index (χ0) is 17.1. The Balaban J connectivity index is 1.58. The Labute approximate surface area is 144 Å². The molecule has 0 saturated heterocycles. The van der Waals surface area contributed by atoms with Gasteiger partial charge < -0.3 is 9.73 Å². The number of nitrogens with zero attached hydrogens (tertiary/aromatic N) is 1. The largest absolute Gasteiger partial charge is 0.459 e. The summed E-state index contributed by atoms with van der Waals surface area (Å²) >= 11 is 0. The molecular formula is C20H28N2O2. The maximum absolute atomic E-state index is 12.4. The number of likely N-dealkylation sites (N-methyl/N-ethyl adjacent to an activating group) is 1. The van der Waals surface area contributed by atoms with E-state index in [-0.39, 0.29) is 11.9 Å². The van der Waals surface area contributed by atoms with Gasteiger partial charge in [0, 0.05) is 11.4 Å². The summed E-state index contributed by atoms with van der Waals surface area (Å²) in [5, 5.41) is 4.33. The van der Waals surface area contributed by atoms with E-state index >= 15 is 0 Å². The van der Waals surface area contributed by atoms with E-state index in [1.54, 1.807) is 0 Å². The van der Waals surface area contributed by atoms with Gasteiger partial charge in [-0.2, -0.15) is 0 Å². The Bertz CT molecular complexity index is 661. The lowest BCUT2D eigenvalue weighted by atomic mass is 9.86. The van der Waals surface area contributed by atoms with Gasteiger partial charge in [0.25, 0.3) is 0 Å². The van der Waals surface area contributed by atoms with E-state index in [0.29, 0.717) is 18.5 Å². The molecule has 3 atom stereocenters. The smallest absolute Gasteiger partial charge is 0.234 e. The van der Waals surface area contributed by atoms with Gasteiger partial charge in [0.2, 0.25) is 5.91 Å². The normalized spacial score (nSPS) is 22.7. The van der Waals surface area contributed by atoms with Crippen molar-refractivity contribution in [2.45, 2.75) is 51.6 Å². The highest BCUT2D eigenvalue weighted by atomic mass is 16.3. The van der Waals surface area contributed by atoms with Gasteiger partial charge in [-0.1, -0.05) is 38.0 Å². The molecular weight excluding hydrogens is 300 g/mol. The first-order valence-electron chi connectivity index (χ1n) is 9.02. The molecule has 1 saturated carbocycles. The van der Waals surface area contributed by atoms with Crippen LogP contribution in [0.5, 0.6) is 0 Å². The second kappa shape index (κ2) is 7.39. The molecule has 1 aromatic carbocycles. The predicted molar refractivity (Wildman–Crippen MR) is 96.8 cm³/mol. The van der Waals surface area contributed by atoms with Crippen molar-refractivity contribution in [3.05, 3.63) is 36.1 Å². The van der Waals surface area contributed by atoms with Gasteiger partial charge in [-0.05, 0) is 44.9 Å². The average Bonchev–Trinajstić information content (AvgIpc) is 3.00. The zero-order valence-corrected chi connectivity index (χ0v) is 14.9. The Kier molecular flexibility index (Phi) is 5.24. The number of nitrogens with one attached hydrogen (secondary N) is 1. The molecule has 1 aliphatic carbocycles. The van der Waals surface area contributed by atoms with Gasteiger partial charge in [0.05, 0.1) is 12.6 Å². The van der Waals surface area contributed by atoms with Gasteiger partial charge in [0.1, 0.15) is 11.3 Å². The molecule has 0 spiro atoms. The monoisotopic (exact) mass is 328 g/mol. The first-order chi connectivity index (χ1) is 11.5. The molecule has 1 heterocycles. The summed E-state index contributed by atoms with van der Waals surface area (Å²) in [6.45, 7) is 4.71. The number of furan rings is 1. The number of amides is 1. The number of carbonyl (C=O) groups is 1. The average molecular weight is 328 g/mol. The van der Waals surface area contributed by atoms with Crippen LogP contribution in [0.15, 0.2) is 34.7 Å². The highest BCUT2D eigenvalue weighted by molar-refractivity contribution is 5.79. The lowest BCUT2D eigenvalue weighted by molar-refractivity contribution is -0.123. The van der Waals surface area contributed by atoms with Crippen LogP contribution >= 0.6 is 0 Å². The summed E-state index contributed by atoms with van der Waals surface area (Å²) in [4.78, 5) is 14.4. The van der Waals surface area contributed by atoms with Crippen LogP contribution in [0.25, 0.3) is 11.0 Å². The van der Waals surface area contributed by atoms with E-state index < -0.39 is 0 Å². The highest BCUT2D eigenvalue weighted by Crippen LogP contribution is 2.27. The summed E-state index contributed by atoms with van der Waals surface area (Å²) in [6.07, 6.45) is 4.84. The van der Waals surface area contributed by atoms with Crippen LogP contribution in [0.4, 0.5) is 0 Å². The third-order valence-electron chi connectivity index (χ3n) is 5.37. The summed E-state index contributed by atoms with van der Waals surface area (Å²) in [6, 6.07) is 10.5. The van der Waals surface area contributed by atoms with Crippen molar-refractivity contribution in [2.75, 3.05) is 13.6 Å². The fraction of sp³-hybridized carbons (Fsp3) is 0.550. The molecule has 4 heteroatoms. The van der Waals surface area contributed by atoms with E-state index in [0.717, 1.165) is 23.2 Å². The Morgan fingerprint density at radius 3 is 2.83 bits per heavy atom. The fourth-order valence-corrected chi connectivity index (χ4v) is 3.57. The van der Waals surface area contributed by atoms with Crippen LogP contribution in [0, 0.1) is 5.92 Å². The Hall–Kier alpha value is -1.81. The Morgan fingerprint density at radius 1 is 1.33 bits per heavy atom. The van der Waals surface area contributed by atoms with E-state index in [1.165, 1.54) is 19.3 Å². The molecule has 2 aromatic rings. The highest BCUT2D eigenvalue weighted by Gasteiger charge is 2.24. The zero-order valence-electron chi connectivity index (χ0n) is 14.9. The molecule has 130 valence electrons. The Morgan fingerprint density at radius 2 is 2.08 bits per heavy atom. The number of hydrogen-bond acceptors (Lipinski definition) is 3. The molecule has 1 fully saturated rings. The molecule has 24 heavy (non-hydrogen) atoms. The molecule has 1 N–H and O–H groups in total. The molecule has 0 unspecified atom stereocenters. The molecule has 4 nitrogen and oxygen atoms in total. The standard InChI is InChI=1S/C20H28N2O2/c1-14-8-4-6-10-17(14)21-20(23)13-22(3)15(2)19-12-16-9-5-7-11-18(16)24-19/h5,7,9,11-12,14-15,17H,4,6,8,10,13H2,1-3H3,(H,21,23)/t14-,15+,17+/m1/s1. The van der Waals surface area contributed by atoms with E-state index in [4.69, 9.17) is 4.42 Å². The molecule has 0 aliphatic heterocycles. The lowest BCUT2D eigenvalue weighted by Crippen LogP contribution is -2.45. The SMILES string of the molecule is C[C@@H]1CCCC[C@@H]1NC(=O)CN(C)[C@@H](C)c1cc2ccccc2o1. The number of benzene rings is 1. The molecule has 0 radical (unpaired) electrons. The van der Waals surface area contributed by atoms with Gasteiger partial charge in [-0.15, -0.1) is 0 Å². The molecule has 1 aromatic heterocycles. The maximum atomic E-state index is 12.4. The minimum Gasteiger partial charge on any atom is -0.459 e. The van der Waals surface area contributed by atoms with Crippen LogP contribution < -0.4 is 5.32 Å². The van der Waals surface area contributed by atoms with Gasteiger partial charge in [0.15, 0.2) is 0 Å². The lowest BCUT2D eigenvalue weighted by Gasteiger charge is -2.30. The van der Waals surface area contributed by atoms with Crippen molar-refractivity contribution in [3.8, 4) is 0 Å². The summed E-state index contributed by atoms with van der Waals surface area (Å²) in [5.41, 5.74) is 0.897. The number of hydrogen-bond donors (Lipinski definition) is 1. The first kappa shape index (κ1) is 17.0. The quantitative estimate of drug-likeness (QED) is 0.898. The van der Waals surface area contributed by atoms with Crippen LogP contribution in [-0.4, -0.2) is 30.4 Å². The van der Waals surface area contributed by atoms with E-state index in [2.05, 4.69) is 25.2 Å². The molecule has 0 bridgehead atoms. The number of carbonyl (C=O) groups excluding carboxylic acids is 1. The minimum absolute atomic E-state index is 0.0620. The molecule has 1 aliphatic rings. The van der Waals surface area contributed by atoms with Crippen molar-refractivity contribution in [2.24, 2.45) is 5.92 Å². The van der Waals surface area contributed by atoms with E-state index in [1.807, 2.05) is 36.2 Å². The van der Waals surface area contributed by atoms with Crippen molar-refractivity contribution >= 4 is 16.9 Å². The van der Waals surface area contributed by atoms with Gasteiger partial charge >= 0.3 is 0 Å².